The topological polar surface area (TPSA) is 58.6 Å². The number of anilines is 1. The third-order valence-electron chi connectivity index (χ3n) is 4.69. The molecule has 3 rings (SSSR count). The lowest BCUT2D eigenvalue weighted by atomic mass is 9.98. The van der Waals surface area contributed by atoms with Gasteiger partial charge in [0.25, 0.3) is 11.8 Å². The molecule has 2 aromatic carbocycles. The van der Waals surface area contributed by atoms with E-state index in [4.69, 9.17) is 16.3 Å². The number of halogens is 1. The van der Waals surface area contributed by atoms with Gasteiger partial charge in [-0.1, -0.05) is 30.7 Å². The first-order valence-electron chi connectivity index (χ1n) is 9.09. The van der Waals surface area contributed by atoms with Crippen LogP contribution in [0.15, 0.2) is 48.5 Å². The standard InChI is InChI=1S/C21H23ClN2O3/c1-15-10-12-24(13-11-15)21(26)18-4-2-3-5-19(18)23-20(25)14-27-17-8-6-16(22)7-9-17/h2-9,15H,10-14H2,1H3,(H,23,25). The summed E-state index contributed by atoms with van der Waals surface area (Å²) in [6.07, 6.45) is 2.02. The van der Waals surface area contributed by atoms with E-state index in [0.29, 0.717) is 27.9 Å². The van der Waals surface area contributed by atoms with Crippen molar-refractivity contribution >= 4 is 29.1 Å². The molecule has 0 aromatic heterocycles. The zero-order valence-electron chi connectivity index (χ0n) is 15.3. The highest BCUT2D eigenvalue weighted by Crippen LogP contribution is 2.22. The summed E-state index contributed by atoms with van der Waals surface area (Å²) in [7, 11) is 0. The first-order valence-corrected chi connectivity index (χ1v) is 9.47. The fraction of sp³-hybridized carbons (Fsp3) is 0.333. The third kappa shape index (κ3) is 5.23. The number of rotatable bonds is 5. The number of hydrogen-bond donors (Lipinski definition) is 1. The van der Waals surface area contributed by atoms with Crippen LogP contribution in [0.2, 0.25) is 5.02 Å². The van der Waals surface area contributed by atoms with E-state index in [1.165, 1.54) is 0 Å². The van der Waals surface area contributed by atoms with Crippen LogP contribution in [0.1, 0.15) is 30.1 Å². The van der Waals surface area contributed by atoms with Gasteiger partial charge < -0.3 is 15.0 Å². The molecule has 2 amide bonds. The van der Waals surface area contributed by atoms with Gasteiger partial charge in [0, 0.05) is 18.1 Å². The van der Waals surface area contributed by atoms with Crippen molar-refractivity contribution in [3.05, 3.63) is 59.1 Å². The molecule has 1 aliphatic heterocycles. The van der Waals surface area contributed by atoms with Crippen molar-refractivity contribution in [2.45, 2.75) is 19.8 Å². The minimum atomic E-state index is -0.322. The number of piperidine rings is 1. The molecule has 1 heterocycles. The zero-order valence-corrected chi connectivity index (χ0v) is 16.0. The molecule has 5 nitrogen and oxygen atoms in total. The highest BCUT2D eigenvalue weighted by Gasteiger charge is 2.23. The number of hydrogen-bond acceptors (Lipinski definition) is 3. The van der Waals surface area contributed by atoms with Gasteiger partial charge in [0.15, 0.2) is 6.61 Å². The molecule has 0 atom stereocenters. The quantitative estimate of drug-likeness (QED) is 0.836. The highest BCUT2D eigenvalue weighted by atomic mass is 35.5. The number of likely N-dealkylation sites (tertiary alicyclic amines) is 1. The average molecular weight is 387 g/mol. The van der Waals surface area contributed by atoms with Crippen LogP contribution < -0.4 is 10.1 Å². The SMILES string of the molecule is CC1CCN(C(=O)c2ccccc2NC(=O)COc2ccc(Cl)cc2)CC1. The molecular weight excluding hydrogens is 364 g/mol. The number of carbonyl (C=O) groups excluding carboxylic acids is 2. The molecule has 2 aromatic rings. The summed E-state index contributed by atoms with van der Waals surface area (Å²) in [5.74, 6) is 0.837. The zero-order chi connectivity index (χ0) is 19.2. The largest absolute Gasteiger partial charge is 0.484 e. The van der Waals surface area contributed by atoms with Crippen molar-refractivity contribution in [3.8, 4) is 5.75 Å². The Morgan fingerprint density at radius 2 is 1.78 bits per heavy atom. The van der Waals surface area contributed by atoms with Crippen LogP contribution in [0.3, 0.4) is 0 Å². The summed E-state index contributed by atoms with van der Waals surface area (Å²) < 4.78 is 5.46. The molecule has 1 fully saturated rings. The molecule has 1 aliphatic rings. The second-order valence-corrected chi connectivity index (χ2v) is 7.25. The lowest BCUT2D eigenvalue weighted by Gasteiger charge is -2.30. The van der Waals surface area contributed by atoms with Crippen LogP contribution in [0, 0.1) is 5.92 Å². The van der Waals surface area contributed by atoms with Crippen molar-refractivity contribution < 1.29 is 14.3 Å². The molecule has 0 spiro atoms. The van der Waals surface area contributed by atoms with Gasteiger partial charge in [0.05, 0.1) is 11.3 Å². The summed E-state index contributed by atoms with van der Waals surface area (Å²) in [6, 6.07) is 13.9. The number of nitrogens with zero attached hydrogens (tertiary/aromatic N) is 1. The number of carbonyl (C=O) groups is 2. The van der Waals surface area contributed by atoms with Crippen molar-refractivity contribution in [2.24, 2.45) is 5.92 Å². The second-order valence-electron chi connectivity index (χ2n) is 6.81. The smallest absolute Gasteiger partial charge is 0.262 e. The van der Waals surface area contributed by atoms with Crippen molar-refractivity contribution in [1.29, 1.82) is 0 Å². The van der Waals surface area contributed by atoms with Gasteiger partial charge in [-0.15, -0.1) is 0 Å². The molecule has 0 radical (unpaired) electrons. The number of para-hydroxylation sites is 1. The van der Waals surface area contributed by atoms with Crippen molar-refractivity contribution in [1.82, 2.24) is 4.90 Å². The Morgan fingerprint density at radius 3 is 2.48 bits per heavy atom. The molecule has 1 saturated heterocycles. The minimum Gasteiger partial charge on any atom is -0.484 e. The predicted octanol–water partition coefficient (Wildman–Crippen LogP) is 4.23. The van der Waals surface area contributed by atoms with Crippen LogP contribution in [0.4, 0.5) is 5.69 Å². The van der Waals surface area contributed by atoms with Crippen molar-refractivity contribution in [3.63, 3.8) is 0 Å². The maximum atomic E-state index is 12.9. The molecule has 0 unspecified atom stereocenters. The molecule has 142 valence electrons. The Hall–Kier alpha value is -2.53. The monoisotopic (exact) mass is 386 g/mol. The van der Waals surface area contributed by atoms with Crippen LogP contribution in [-0.2, 0) is 4.79 Å². The molecule has 6 heteroatoms. The van der Waals surface area contributed by atoms with Crippen molar-refractivity contribution in [2.75, 3.05) is 25.0 Å². The maximum Gasteiger partial charge on any atom is 0.262 e. The predicted molar refractivity (Wildman–Crippen MR) is 106 cm³/mol. The fourth-order valence-corrected chi connectivity index (χ4v) is 3.15. The van der Waals surface area contributed by atoms with Gasteiger partial charge in [0.2, 0.25) is 0 Å². The number of nitrogens with one attached hydrogen (secondary N) is 1. The number of ether oxygens (including phenoxy) is 1. The van der Waals surface area contributed by atoms with E-state index >= 15 is 0 Å². The lowest BCUT2D eigenvalue weighted by molar-refractivity contribution is -0.118. The second kappa shape index (κ2) is 8.91. The van der Waals surface area contributed by atoms with Gasteiger partial charge in [-0.3, -0.25) is 9.59 Å². The van der Waals surface area contributed by atoms with Gasteiger partial charge in [-0.05, 0) is 55.2 Å². The maximum absolute atomic E-state index is 12.9. The first kappa shape index (κ1) is 19.2. The summed E-state index contributed by atoms with van der Waals surface area (Å²) in [5.41, 5.74) is 1.01. The molecular formula is C21H23ClN2O3. The summed E-state index contributed by atoms with van der Waals surface area (Å²) >= 11 is 5.83. The molecule has 0 bridgehead atoms. The summed E-state index contributed by atoms with van der Waals surface area (Å²) in [5, 5.41) is 3.39. The summed E-state index contributed by atoms with van der Waals surface area (Å²) in [4.78, 5) is 27.0. The Morgan fingerprint density at radius 1 is 1.11 bits per heavy atom. The van der Waals surface area contributed by atoms with E-state index in [1.807, 2.05) is 4.90 Å². The highest BCUT2D eigenvalue weighted by molar-refractivity contribution is 6.30. The third-order valence-corrected chi connectivity index (χ3v) is 4.94. The van der Waals surface area contributed by atoms with Gasteiger partial charge in [0.1, 0.15) is 5.75 Å². The molecule has 27 heavy (non-hydrogen) atoms. The fourth-order valence-electron chi connectivity index (χ4n) is 3.03. The number of benzene rings is 2. The average Bonchev–Trinajstić information content (AvgIpc) is 2.68. The first-order chi connectivity index (χ1) is 13.0. The minimum absolute atomic E-state index is 0.0450. The Bertz CT molecular complexity index is 799. The van der Waals surface area contributed by atoms with E-state index in [0.717, 1.165) is 25.9 Å². The van der Waals surface area contributed by atoms with E-state index < -0.39 is 0 Å². The van der Waals surface area contributed by atoms with Crippen LogP contribution in [0.5, 0.6) is 5.75 Å². The molecule has 0 aliphatic carbocycles. The van der Waals surface area contributed by atoms with Crippen LogP contribution in [0.25, 0.3) is 0 Å². The van der Waals surface area contributed by atoms with E-state index in [2.05, 4.69) is 12.2 Å². The van der Waals surface area contributed by atoms with Crippen LogP contribution in [-0.4, -0.2) is 36.4 Å². The number of amides is 2. The Kier molecular flexibility index (Phi) is 6.35. The molecule has 1 N–H and O–H groups in total. The van der Waals surface area contributed by atoms with Gasteiger partial charge in [-0.25, -0.2) is 0 Å². The Labute approximate surface area is 164 Å². The van der Waals surface area contributed by atoms with E-state index in [9.17, 15) is 9.59 Å². The lowest BCUT2D eigenvalue weighted by Crippen LogP contribution is -2.38. The van der Waals surface area contributed by atoms with Crippen LogP contribution >= 0.6 is 11.6 Å². The normalized spacial score (nSPS) is 14.7. The summed E-state index contributed by atoms with van der Waals surface area (Å²) in [6.45, 7) is 3.56. The van der Waals surface area contributed by atoms with Gasteiger partial charge >= 0.3 is 0 Å². The Balaban J connectivity index is 1.62. The van der Waals surface area contributed by atoms with E-state index in [-0.39, 0.29) is 18.4 Å². The van der Waals surface area contributed by atoms with Gasteiger partial charge in [-0.2, -0.15) is 0 Å². The molecule has 0 saturated carbocycles. The van der Waals surface area contributed by atoms with E-state index in [1.54, 1.807) is 48.5 Å².